The van der Waals surface area contributed by atoms with Gasteiger partial charge in [-0.2, -0.15) is 0 Å². The Hall–Kier alpha value is -0.0100. The largest absolute Gasteiger partial charge is 0.289 e. The van der Waals surface area contributed by atoms with Crippen molar-refractivity contribution in [3.8, 4) is 0 Å². The van der Waals surface area contributed by atoms with Gasteiger partial charge in [0, 0.05) is 11.1 Å². The molecule has 2 saturated carbocycles. The average molecular weight is 217 g/mol. The Morgan fingerprint density at radius 1 is 1.15 bits per heavy atom. The summed E-state index contributed by atoms with van der Waals surface area (Å²) < 4.78 is -0.838. The molecule has 0 unspecified atom stereocenters. The normalized spacial score (nSPS) is 24.2. The van der Waals surface area contributed by atoms with Gasteiger partial charge in [0.25, 0.3) is 0 Å². The maximum Gasteiger partial charge on any atom is 0.189 e. The summed E-state index contributed by atoms with van der Waals surface area (Å²) in [4.78, 5) is 11.4. The van der Waals surface area contributed by atoms with Crippen molar-refractivity contribution >= 4 is 23.2 Å². The van der Waals surface area contributed by atoms with Gasteiger partial charge in [0.05, 0.1) is 0 Å². The summed E-state index contributed by atoms with van der Waals surface area (Å²) in [5, 5.41) is 0. The van der Waals surface area contributed by atoms with E-state index in [1.165, 1.54) is 0 Å². The highest BCUT2D eigenvalue weighted by molar-refractivity contribution is 6.48. The standard InChI is InChI=1S/C10H10Cl2O/c11-10(12,6-3-4-6)8-7(9(8)13)5-1-2-5/h5-6H,1-4H2. The minimum absolute atomic E-state index is 0.166. The van der Waals surface area contributed by atoms with Crippen molar-refractivity contribution < 1.29 is 0 Å². The highest BCUT2D eigenvalue weighted by Gasteiger charge is 2.52. The molecule has 0 amide bonds. The van der Waals surface area contributed by atoms with Gasteiger partial charge in [0.15, 0.2) is 5.43 Å². The molecule has 0 radical (unpaired) electrons. The monoisotopic (exact) mass is 216 g/mol. The first-order valence-corrected chi connectivity index (χ1v) is 5.55. The smallest absolute Gasteiger partial charge is 0.189 e. The fourth-order valence-electron chi connectivity index (χ4n) is 1.93. The molecular formula is C10H10Cl2O. The molecule has 0 spiro atoms. The Kier molecular flexibility index (Phi) is 1.48. The molecule has 70 valence electrons. The fourth-order valence-corrected chi connectivity index (χ4v) is 2.74. The lowest BCUT2D eigenvalue weighted by Gasteiger charge is -2.13. The van der Waals surface area contributed by atoms with Crippen molar-refractivity contribution in [3.05, 3.63) is 21.4 Å². The van der Waals surface area contributed by atoms with Crippen LogP contribution in [0.5, 0.6) is 0 Å². The second-order valence-corrected chi connectivity index (χ2v) is 5.68. The van der Waals surface area contributed by atoms with Gasteiger partial charge in [0.2, 0.25) is 0 Å². The molecule has 2 aliphatic rings. The van der Waals surface area contributed by atoms with E-state index >= 15 is 0 Å². The van der Waals surface area contributed by atoms with E-state index in [2.05, 4.69) is 0 Å². The summed E-state index contributed by atoms with van der Waals surface area (Å²) >= 11 is 12.4. The predicted octanol–water partition coefficient (Wildman–Crippen LogP) is 2.84. The minimum atomic E-state index is -0.838. The zero-order valence-corrected chi connectivity index (χ0v) is 8.66. The average Bonchev–Trinajstić information content (AvgIpc) is 2.90. The van der Waals surface area contributed by atoms with E-state index in [0.717, 1.165) is 36.8 Å². The molecule has 0 bridgehead atoms. The van der Waals surface area contributed by atoms with Crippen LogP contribution in [0.1, 0.15) is 42.7 Å². The van der Waals surface area contributed by atoms with Gasteiger partial charge in [-0.1, -0.05) is 23.2 Å². The molecular weight excluding hydrogens is 207 g/mol. The van der Waals surface area contributed by atoms with Crippen LogP contribution < -0.4 is 5.43 Å². The molecule has 0 saturated heterocycles. The highest BCUT2D eigenvalue weighted by atomic mass is 35.5. The van der Waals surface area contributed by atoms with Gasteiger partial charge < -0.3 is 0 Å². The SMILES string of the molecule is O=c1c(C2CC2)c1C(Cl)(Cl)C1CC1. The molecule has 1 nitrogen and oxygen atoms in total. The zero-order valence-electron chi connectivity index (χ0n) is 7.15. The second-order valence-electron chi connectivity index (χ2n) is 4.29. The van der Waals surface area contributed by atoms with Crippen molar-refractivity contribution in [2.45, 2.75) is 35.9 Å². The number of rotatable bonds is 3. The minimum Gasteiger partial charge on any atom is -0.289 e. The number of hydrogen-bond acceptors (Lipinski definition) is 1. The molecule has 0 aliphatic heterocycles. The van der Waals surface area contributed by atoms with E-state index in [-0.39, 0.29) is 5.43 Å². The quantitative estimate of drug-likeness (QED) is 0.711. The van der Waals surface area contributed by atoms with Crippen molar-refractivity contribution in [1.82, 2.24) is 0 Å². The summed E-state index contributed by atoms with van der Waals surface area (Å²) in [6, 6.07) is 0. The van der Waals surface area contributed by atoms with E-state index in [9.17, 15) is 4.79 Å². The van der Waals surface area contributed by atoms with Crippen molar-refractivity contribution in [1.29, 1.82) is 0 Å². The van der Waals surface area contributed by atoms with Crippen LogP contribution >= 0.6 is 23.2 Å². The van der Waals surface area contributed by atoms with Crippen LogP contribution in [0.25, 0.3) is 0 Å². The summed E-state index contributed by atoms with van der Waals surface area (Å²) in [5.41, 5.74) is 1.89. The molecule has 3 rings (SSSR count). The van der Waals surface area contributed by atoms with Crippen molar-refractivity contribution in [3.63, 3.8) is 0 Å². The van der Waals surface area contributed by atoms with Gasteiger partial charge in [-0.3, -0.25) is 4.79 Å². The number of hydrogen-bond donors (Lipinski definition) is 0. The van der Waals surface area contributed by atoms with Gasteiger partial charge in [-0.25, -0.2) is 0 Å². The Morgan fingerprint density at radius 3 is 2.23 bits per heavy atom. The molecule has 0 aromatic heterocycles. The number of halogens is 2. The van der Waals surface area contributed by atoms with Crippen molar-refractivity contribution in [2.75, 3.05) is 0 Å². The second kappa shape index (κ2) is 2.32. The lowest BCUT2D eigenvalue weighted by molar-refractivity contribution is 0.733. The fraction of sp³-hybridized carbons (Fsp3) is 0.700. The molecule has 1 aromatic carbocycles. The number of alkyl halides is 2. The third kappa shape index (κ3) is 1.17. The van der Waals surface area contributed by atoms with E-state index in [1.807, 2.05) is 0 Å². The van der Waals surface area contributed by atoms with Crippen LogP contribution in [-0.4, -0.2) is 0 Å². The van der Waals surface area contributed by atoms with Crippen LogP contribution in [0.4, 0.5) is 0 Å². The topological polar surface area (TPSA) is 17.1 Å². The lowest BCUT2D eigenvalue weighted by Crippen LogP contribution is -2.11. The Labute approximate surface area is 86.7 Å². The van der Waals surface area contributed by atoms with E-state index in [1.54, 1.807) is 0 Å². The molecule has 13 heavy (non-hydrogen) atoms. The molecule has 0 heterocycles. The molecule has 1 aromatic rings. The van der Waals surface area contributed by atoms with Gasteiger partial charge in [-0.15, -0.1) is 0 Å². The summed E-state index contributed by atoms with van der Waals surface area (Å²) in [5.74, 6) is 0.851. The molecule has 2 fully saturated rings. The first kappa shape index (κ1) is 8.31. The Balaban J connectivity index is 1.90. The maximum absolute atomic E-state index is 11.4. The van der Waals surface area contributed by atoms with Gasteiger partial charge >= 0.3 is 0 Å². The molecule has 0 atom stereocenters. The van der Waals surface area contributed by atoms with Gasteiger partial charge in [0.1, 0.15) is 4.33 Å². The van der Waals surface area contributed by atoms with Gasteiger partial charge in [-0.05, 0) is 37.5 Å². The van der Waals surface area contributed by atoms with Crippen LogP contribution in [0.2, 0.25) is 0 Å². The van der Waals surface area contributed by atoms with Crippen LogP contribution in [0, 0.1) is 5.92 Å². The summed E-state index contributed by atoms with van der Waals surface area (Å²) in [7, 11) is 0. The zero-order chi connectivity index (χ0) is 9.22. The Morgan fingerprint density at radius 2 is 1.77 bits per heavy atom. The van der Waals surface area contributed by atoms with Crippen LogP contribution in [-0.2, 0) is 4.33 Å². The van der Waals surface area contributed by atoms with Crippen LogP contribution in [0.3, 0.4) is 0 Å². The molecule has 0 N–H and O–H groups in total. The molecule has 2 aliphatic carbocycles. The first-order chi connectivity index (χ1) is 6.12. The molecule has 3 heteroatoms. The maximum atomic E-state index is 11.4. The first-order valence-electron chi connectivity index (χ1n) is 4.79. The van der Waals surface area contributed by atoms with E-state index < -0.39 is 4.33 Å². The third-order valence-corrected chi connectivity index (χ3v) is 4.08. The van der Waals surface area contributed by atoms with Crippen LogP contribution in [0.15, 0.2) is 4.79 Å². The van der Waals surface area contributed by atoms with Crippen molar-refractivity contribution in [2.24, 2.45) is 5.92 Å². The highest BCUT2D eigenvalue weighted by Crippen LogP contribution is 2.57. The lowest BCUT2D eigenvalue weighted by atomic mass is 10.2. The third-order valence-electron chi connectivity index (χ3n) is 3.09. The van der Waals surface area contributed by atoms with E-state index in [4.69, 9.17) is 23.2 Å². The predicted molar refractivity (Wildman–Crippen MR) is 53.2 cm³/mol. The summed E-state index contributed by atoms with van der Waals surface area (Å²) in [6.07, 6.45) is 4.45. The van der Waals surface area contributed by atoms with E-state index in [0.29, 0.717) is 11.8 Å². The Bertz CT molecular complexity index is 365. The summed E-state index contributed by atoms with van der Waals surface area (Å²) in [6.45, 7) is 0.